The molecule has 1 saturated heterocycles. The van der Waals surface area contributed by atoms with Gasteiger partial charge in [0, 0.05) is 13.6 Å². The summed E-state index contributed by atoms with van der Waals surface area (Å²) in [5.74, 6) is -0.929. The van der Waals surface area contributed by atoms with E-state index in [-0.39, 0.29) is 18.3 Å². The number of fused-ring (bicyclic) bond motifs is 1. The zero-order chi connectivity index (χ0) is 17.3. The molecule has 0 radical (unpaired) electrons. The minimum absolute atomic E-state index is 0.145. The quantitative estimate of drug-likeness (QED) is 0.877. The Kier molecular flexibility index (Phi) is 4.48. The monoisotopic (exact) mass is 334 g/mol. The summed E-state index contributed by atoms with van der Waals surface area (Å²) in [7, 11) is 1.67. The maximum absolute atomic E-state index is 13.3. The van der Waals surface area contributed by atoms with Gasteiger partial charge >= 0.3 is 0 Å². The first kappa shape index (κ1) is 16.4. The third-order valence-electron chi connectivity index (χ3n) is 4.18. The smallest absolute Gasteiger partial charge is 0.251 e. The minimum Gasteiger partial charge on any atom is -0.383 e. The number of rotatable bonds is 3. The number of hydrogen-bond donors (Lipinski definition) is 2. The Morgan fingerprint density at radius 1 is 1.46 bits per heavy atom. The Morgan fingerprint density at radius 3 is 3.04 bits per heavy atom. The summed E-state index contributed by atoms with van der Waals surface area (Å²) < 4.78 is 14.9. The van der Waals surface area contributed by atoms with Gasteiger partial charge in [0.1, 0.15) is 18.5 Å². The highest BCUT2D eigenvalue weighted by molar-refractivity contribution is 5.95. The van der Waals surface area contributed by atoms with Gasteiger partial charge in [0.05, 0.1) is 11.0 Å². The number of anilines is 1. The number of aromatic nitrogens is 2. The fourth-order valence-corrected chi connectivity index (χ4v) is 2.85. The topological polar surface area (TPSA) is 87.5 Å². The predicted molar refractivity (Wildman–Crippen MR) is 85.7 cm³/mol. The average molecular weight is 334 g/mol. The first-order valence-electron chi connectivity index (χ1n) is 7.84. The van der Waals surface area contributed by atoms with Crippen LogP contribution in [0, 0.1) is 5.82 Å². The largest absolute Gasteiger partial charge is 0.383 e. The van der Waals surface area contributed by atoms with E-state index < -0.39 is 17.9 Å². The van der Waals surface area contributed by atoms with E-state index in [1.54, 1.807) is 11.6 Å². The molecule has 1 aliphatic heterocycles. The average Bonchev–Trinajstić information content (AvgIpc) is 2.75. The lowest BCUT2D eigenvalue weighted by Crippen LogP contribution is -2.42. The number of imidazole rings is 1. The lowest BCUT2D eigenvalue weighted by molar-refractivity contribution is -0.141. The van der Waals surface area contributed by atoms with E-state index in [4.69, 9.17) is 0 Å². The first-order chi connectivity index (χ1) is 11.5. The fourth-order valence-electron chi connectivity index (χ4n) is 2.85. The number of nitrogens with zero attached hydrogens (tertiary/aromatic N) is 3. The van der Waals surface area contributed by atoms with Crippen LogP contribution in [-0.4, -0.2) is 50.6 Å². The van der Waals surface area contributed by atoms with Gasteiger partial charge in [0.25, 0.3) is 5.91 Å². The Morgan fingerprint density at radius 2 is 2.25 bits per heavy atom. The van der Waals surface area contributed by atoms with Crippen LogP contribution in [0.1, 0.15) is 19.3 Å². The van der Waals surface area contributed by atoms with E-state index in [9.17, 15) is 19.1 Å². The number of aliphatic hydroxyl groups excluding tert-OH is 1. The van der Waals surface area contributed by atoms with Crippen LogP contribution in [0.4, 0.5) is 10.3 Å². The van der Waals surface area contributed by atoms with Crippen LogP contribution >= 0.6 is 0 Å². The molecule has 2 N–H and O–H groups in total. The number of carbonyl (C=O) groups excluding carboxylic acids is 2. The lowest BCUT2D eigenvalue weighted by atomic mass is 10.2. The van der Waals surface area contributed by atoms with E-state index in [2.05, 4.69) is 10.3 Å². The highest BCUT2D eigenvalue weighted by atomic mass is 19.1. The molecule has 0 bridgehead atoms. The van der Waals surface area contributed by atoms with E-state index in [0.29, 0.717) is 24.0 Å². The number of amides is 2. The molecule has 1 atom stereocenters. The van der Waals surface area contributed by atoms with E-state index in [1.165, 1.54) is 23.1 Å². The van der Waals surface area contributed by atoms with E-state index in [1.807, 2.05) is 0 Å². The van der Waals surface area contributed by atoms with Crippen LogP contribution in [0.25, 0.3) is 11.0 Å². The standard InChI is InChI=1S/C16H19FN4O3/c1-20-12-8-10(17)5-6-11(12)18-16(20)19-14(23)9-21-7-3-2-4-13(22)15(21)24/h5-6,8,13,22H,2-4,7,9H2,1H3,(H,18,19,23). The molecule has 1 fully saturated rings. The van der Waals surface area contributed by atoms with Crippen LogP contribution in [0.15, 0.2) is 18.2 Å². The van der Waals surface area contributed by atoms with Gasteiger partial charge in [-0.05, 0) is 37.5 Å². The maximum atomic E-state index is 13.3. The summed E-state index contributed by atoms with van der Waals surface area (Å²) in [5, 5.41) is 12.4. The van der Waals surface area contributed by atoms with Crippen molar-refractivity contribution in [1.29, 1.82) is 0 Å². The third-order valence-corrected chi connectivity index (χ3v) is 4.18. The first-order valence-corrected chi connectivity index (χ1v) is 7.84. The second-order valence-electron chi connectivity index (χ2n) is 5.95. The van der Waals surface area contributed by atoms with Crippen LogP contribution in [0.5, 0.6) is 0 Å². The number of nitrogens with one attached hydrogen (secondary N) is 1. The Bertz CT molecular complexity index is 789. The Labute approximate surface area is 138 Å². The van der Waals surface area contributed by atoms with Gasteiger partial charge in [-0.2, -0.15) is 0 Å². The molecule has 1 unspecified atom stereocenters. The molecule has 2 heterocycles. The Balaban J connectivity index is 1.73. The highest BCUT2D eigenvalue weighted by Crippen LogP contribution is 2.19. The van der Waals surface area contributed by atoms with Gasteiger partial charge in [-0.3, -0.25) is 14.9 Å². The third kappa shape index (κ3) is 3.23. The molecule has 3 rings (SSSR count). The van der Waals surface area contributed by atoms with Crippen LogP contribution < -0.4 is 5.32 Å². The van der Waals surface area contributed by atoms with Crippen molar-refractivity contribution in [3.63, 3.8) is 0 Å². The van der Waals surface area contributed by atoms with Gasteiger partial charge in [0.15, 0.2) is 0 Å². The van der Waals surface area contributed by atoms with Crippen molar-refractivity contribution >= 4 is 28.8 Å². The van der Waals surface area contributed by atoms with Crippen molar-refractivity contribution < 1.29 is 19.1 Å². The number of aryl methyl sites for hydroxylation is 1. The van der Waals surface area contributed by atoms with E-state index >= 15 is 0 Å². The molecule has 1 aromatic heterocycles. The summed E-state index contributed by atoms with van der Waals surface area (Å²) in [6.45, 7) is 0.296. The molecule has 2 amide bonds. The van der Waals surface area contributed by atoms with Gasteiger partial charge in [0.2, 0.25) is 11.9 Å². The summed E-state index contributed by atoms with van der Waals surface area (Å²) in [4.78, 5) is 29.8. The van der Waals surface area contributed by atoms with Crippen LogP contribution in [0.3, 0.4) is 0 Å². The summed E-state index contributed by atoms with van der Waals surface area (Å²) in [5.41, 5.74) is 1.13. The molecule has 128 valence electrons. The zero-order valence-corrected chi connectivity index (χ0v) is 13.3. The molecule has 2 aromatic rings. The normalized spacial score (nSPS) is 18.7. The molecule has 0 aliphatic carbocycles. The van der Waals surface area contributed by atoms with Crippen molar-refractivity contribution in [2.24, 2.45) is 7.05 Å². The molecule has 1 aliphatic rings. The number of halogens is 1. The minimum atomic E-state index is -1.04. The number of likely N-dealkylation sites (tertiary alicyclic amines) is 1. The van der Waals surface area contributed by atoms with Crippen LogP contribution in [-0.2, 0) is 16.6 Å². The van der Waals surface area contributed by atoms with Gasteiger partial charge in [-0.1, -0.05) is 0 Å². The predicted octanol–water partition coefficient (Wildman–Crippen LogP) is 1.02. The van der Waals surface area contributed by atoms with Crippen molar-refractivity contribution in [1.82, 2.24) is 14.5 Å². The Hall–Kier alpha value is -2.48. The van der Waals surface area contributed by atoms with Crippen molar-refractivity contribution in [2.75, 3.05) is 18.4 Å². The molecule has 24 heavy (non-hydrogen) atoms. The second kappa shape index (κ2) is 6.56. The molecule has 0 saturated carbocycles. The number of aliphatic hydroxyl groups is 1. The molecule has 8 heteroatoms. The summed E-state index contributed by atoms with van der Waals surface area (Å²) >= 11 is 0. The second-order valence-corrected chi connectivity index (χ2v) is 5.95. The van der Waals surface area contributed by atoms with Gasteiger partial charge in [-0.25, -0.2) is 9.37 Å². The lowest BCUT2D eigenvalue weighted by Gasteiger charge is -2.21. The number of carbonyl (C=O) groups is 2. The van der Waals surface area contributed by atoms with Crippen LogP contribution in [0.2, 0.25) is 0 Å². The molecular weight excluding hydrogens is 315 g/mol. The van der Waals surface area contributed by atoms with Gasteiger partial charge < -0.3 is 14.6 Å². The zero-order valence-electron chi connectivity index (χ0n) is 13.3. The molecular formula is C16H19FN4O3. The van der Waals surface area contributed by atoms with Crippen molar-refractivity contribution in [3.8, 4) is 0 Å². The van der Waals surface area contributed by atoms with Crippen molar-refractivity contribution in [2.45, 2.75) is 25.4 Å². The maximum Gasteiger partial charge on any atom is 0.251 e. The SMILES string of the molecule is Cn1c(NC(=O)CN2CCCCC(O)C2=O)nc2ccc(F)cc21. The van der Waals surface area contributed by atoms with E-state index in [0.717, 1.165) is 12.8 Å². The van der Waals surface area contributed by atoms with Gasteiger partial charge in [-0.15, -0.1) is 0 Å². The molecule has 1 aromatic carbocycles. The summed E-state index contributed by atoms with van der Waals surface area (Å²) in [6.07, 6.45) is 0.884. The fraction of sp³-hybridized carbons (Fsp3) is 0.438. The number of benzene rings is 1. The number of hydrogen-bond acceptors (Lipinski definition) is 4. The molecule has 7 nitrogen and oxygen atoms in total. The highest BCUT2D eigenvalue weighted by Gasteiger charge is 2.26. The van der Waals surface area contributed by atoms with Crippen molar-refractivity contribution in [3.05, 3.63) is 24.0 Å². The molecule has 0 spiro atoms. The summed E-state index contributed by atoms with van der Waals surface area (Å²) in [6, 6.07) is 4.18.